The largest absolute Gasteiger partial charge is 0.489 e. The van der Waals surface area contributed by atoms with E-state index in [4.69, 9.17) is 44.1 Å². The lowest BCUT2D eigenvalue weighted by molar-refractivity contribution is 0.0696. The van der Waals surface area contributed by atoms with E-state index < -0.39 is 5.97 Å². The van der Waals surface area contributed by atoms with E-state index >= 15 is 0 Å². The van der Waals surface area contributed by atoms with Crippen molar-refractivity contribution in [2.75, 3.05) is 0 Å². The number of carboxylic acids is 1. The number of ether oxygens (including phenoxy) is 1. The summed E-state index contributed by atoms with van der Waals surface area (Å²) in [6.45, 7) is 0.805. The third kappa shape index (κ3) is 6.55. The Bertz CT molecular complexity index is 1680. The zero-order valence-corrected chi connectivity index (χ0v) is 24.1. The van der Waals surface area contributed by atoms with Crippen molar-refractivity contribution in [3.05, 3.63) is 103 Å². The second-order valence-electron chi connectivity index (χ2n) is 10.3. The highest BCUT2D eigenvalue weighted by Gasteiger charge is 2.33. The molecule has 41 heavy (non-hydrogen) atoms. The van der Waals surface area contributed by atoms with Gasteiger partial charge in [0.2, 0.25) is 0 Å². The Morgan fingerprint density at radius 2 is 1.78 bits per heavy atom. The Balaban J connectivity index is 1.21. The van der Waals surface area contributed by atoms with Crippen LogP contribution in [0.1, 0.15) is 70.0 Å². The molecule has 9 heteroatoms. The van der Waals surface area contributed by atoms with Crippen LogP contribution in [-0.2, 0) is 13.2 Å². The molecule has 6 rings (SSSR count). The standard InChI is InChI=1S/C32H25Cl3N2O4/c33-26-2-1-3-27(34)29(26)30-25(31(41-37-30)21-6-7-21)17-40-24-11-8-20(28(35)15-24)5-4-18-12-19(16-36-23-9-10-23)14-22(13-18)32(38)39/h1-3,8,11-15,21,23,36H,6-7,9-10,16-17H2,(H,38,39). The number of carboxylic acid groups (broad SMARTS) is 1. The summed E-state index contributed by atoms with van der Waals surface area (Å²) >= 11 is 19.5. The van der Waals surface area contributed by atoms with Crippen LogP contribution in [0.25, 0.3) is 11.3 Å². The molecule has 1 aromatic heterocycles. The molecule has 0 spiro atoms. The molecule has 4 aromatic rings. The van der Waals surface area contributed by atoms with Crippen molar-refractivity contribution < 1.29 is 19.2 Å². The average Bonchev–Trinajstić information content (AvgIpc) is 3.89. The summed E-state index contributed by atoms with van der Waals surface area (Å²) in [6, 6.07) is 16.3. The Hall–Kier alpha value is -3.47. The van der Waals surface area contributed by atoms with Crippen molar-refractivity contribution in [3.8, 4) is 28.8 Å². The molecule has 0 aliphatic heterocycles. The molecule has 0 atom stereocenters. The van der Waals surface area contributed by atoms with Crippen molar-refractivity contribution in [2.24, 2.45) is 0 Å². The third-order valence-corrected chi connectivity index (χ3v) is 7.99. The zero-order chi connectivity index (χ0) is 28.5. The number of hydrogen-bond donors (Lipinski definition) is 2. The molecule has 2 N–H and O–H groups in total. The topological polar surface area (TPSA) is 84.6 Å². The van der Waals surface area contributed by atoms with Crippen LogP contribution in [0.3, 0.4) is 0 Å². The van der Waals surface area contributed by atoms with Crippen molar-refractivity contribution >= 4 is 40.8 Å². The van der Waals surface area contributed by atoms with Gasteiger partial charge in [-0.15, -0.1) is 0 Å². The van der Waals surface area contributed by atoms with Crippen LogP contribution in [-0.4, -0.2) is 22.3 Å². The summed E-state index contributed by atoms with van der Waals surface area (Å²) in [7, 11) is 0. The van der Waals surface area contributed by atoms with Crippen LogP contribution >= 0.6 is 34.8 Å². The van der Waals surface area contributed by atoms with E-state index in [1.165, 1.54) is 0 Å². The van der Waals surface area contributed by atoms with Crippen molar-refractivity contribution in [1.82, 2.24) is 10.5 Å². The predicted molar refractivity (Wildman–Crippen MR) is 159 cm³/mol. The summed E-state index contributed by atoms with van der Waals surface area (Å²) in [6.07, 6.45) is 4.37. The summed E-state index contributed by atoms with van der Waals surface area (Å²) < 4.78 is 11.8. The number of nitrogens with zero attached hydrogens (tertiary/aromatic N) is 1. The third-order valence-electron chi connectivity index (χ3n) is 7.04. The fourth-order valence-electron chi connectivity index (χ4n) is 4.57. The highest BCUT2D eigenvalue weighted by atomic mass is 35.5. The van der Waals surface area contributed by atoms with E-state index in [9.17, 15) is 9.90 Å². The van der Waals surface area contributed by atoms with Gasteiger partial charge < -0.3 is 19.7 Å². The molecule has 208 valence electrons. The lowest BCUT2D eigenvalue weighted by Gasteiger charge is -2.10. The minimum Gasteiger partial charge on any atom is -0.489 e. The summed E-state index contributed by atoms with van der Waals surface area (Å²) in [5, 5.41) is 18.6. The van der Waals surface area contributed by atoms with E-state index in [2.05, 4.69) is 22.3 Å². The molecule has 0 bridgehead atoms. The maximum Gasteiger partial charge on any atom is 0.335 e. The van der Waals surface area contributed by atoms with Gasteiger partial charge in [-0.3, -0.25) is 0 Å². The molecule has 0 amide bonds. The minimum atomic E-state index is -0.988. The molecule has 2 fully saturated rings. The first kappa shape index (κ1) is 27.7. The first-order chi connectivity index (χ1) is 19.9. The van der Waals surface area contributed by atoms with Gasteiger partial charge in [0, 0.05) is 41.3 Å². The van der Waals surface area contributed by atoms with Crippen LogP contribution in [0.2, 0.25) is 15.1 Å². The molecule has 2 aliphatic carbocycles. The lowest BCUT2D eigenvalue weighted by Crippen LogP contribution is -2.15. The smallest absolute Gasteiger partial charge is 0.335 e. The highest BCUT2D eigenvalue weighted by molar-refractivity contribution is 6.39. The maximum absolute atomic E-state index is 11.6. The number of carbonyl (C=O) groups is 1. The van der Waals surface area contributed by atoms with Crippen LogP contribution in [0, 0.1) is 11.8 Å². The Kier molecular flexibility index (Phi) is 7.96. The lowest BCUT2D eigenvalue weighted by atomic mass is 10.0. The summed E-state index contributed by atoms with van der Waals surface area (Å²) in [4.78, 5) is 11.6. The number of aromatic carboxylic acids is 1. The second-order valence-corrected chi connectivity index (χ2v) is 11.5. The number of hydrogen-bond acceptors (Lipinski definition) is 5. The average molecular weight is 608 g/mol. The highest BCUT2D eigenvalue weighted by Crippen LogP contribution is 2.46. The van der Waals surface area contributed by atoms with Gasteiger partial charge in [-0.2, -0.15) is 0 Å². The summed E-state index contributed by atoms with van der Waals surface area (Å²) in [5.74, 6) is 6.80. The Labute approximate surface area is 252 Å². The molecule has 0 radical (unpaired) electrons. The van der Waals surface area contributed by atoms with E-state index in [0.717, 1.165) is 42.6 Å². The van der Waals surface area contributed by atoms with Crippen molar-refractivity contribution in [3.63, 3.8) is 0 Å². The normalized spacial score (nSPS) is 14.4. The number of aromatic nitrogens is 1. The molecule has 3 aromatic carbocycles. The van der Waals surface area contributed by atoms with Crippen LogP contribution in [0.5, 0.6) is 5.75 Å². The molecule has 6 nitrogen and oxygen atoms in total. The van der Waals surface area contributed by atoms with Gasteiger partial charge in [-0.05, 0) is 73.7 Å². The van der Waals surface area contributed by atoms with Gasteiger partial charge in [-0.25, -0.2) is 4.79 Å². The molecule has 2 saturated carbocycles. The van der Waals surface area contributed by atoms with Crippen LogP contribution in [0.4, 0.5) is 0 Å². The fraction of sp³-hybridized carbons (Fsp3) is 0.250. The minimum absolute atomic E-state index is 0.202. The van der Waals surface area contributed by atoms with Crippen LogP contribution in [0.15, 0.2) is 59.1 Å². The van der Waals surface area contributed by atoms with Crippen LogP contribution < -0.4 is 10.1 Å². The summed E-state index contributed by atoms with van der Waals surface area (Å²) in [5.41, 5.74) is 4.30. The van der Waals surface area contributed by atoms with E-state index in [-0.39, 0.29) is 12.2 Å². The monoisotopic (exact) mass is 606 g/mol. The molecule has 2 aliphatic rings. The molecular weight excluding hydrogens is 583 g/mol. The quantitative estimate of drug-likeness (QED) is 0.187. The van der Waals surface area contributed by atoms with E-state index in [1.807, 2.05) is 6.07 Å². The molecule has 1 heterocycles. The first-order valence-corrected chi connectivity index (χ1v) is 14.5. The predicted octanol–water partition coefficient (Wildman–Crippen LogP) is 8.11. The van der Waals surface area contributed by atoms with E-state index in [0.29, 0.717) is 61.7 Å². The van der Waals surface area contributed by atoms with Crippen molar-refractivity contribution in [2.45, 2.75) is 50.8 Å². The van der Waals surface area contributed by atoms with E-state index in [1.54, 1.807) is 48.5 Å². The number of rotatable bonds is 9. The molecule has 0 unspecified atom stereocenters. The maximum atomic E-state index is 11.6. The molecular formula is C32H25Cl3N2O4. The van der Waals surface area contributed by atoms with Gasteiger partial charge in [0.1, 0.15) is 23.8 Å². The second kappa shape index (κ2) is 11.8. The van der Waals surface area contributed by atoms with Gasteiger partial charge in [0.25, 0.3) is 0 Å². The number of benzene rings is 3. The Morgan fingerprint density at radius 1 is 1.00 bits per heavy atom. The van der Waals surface area contributed by atoms with Gasteiger partial charge in [0.05, 0.1) is 26.2 Å². The van der Waals surface area contributed by atoms with Crippen molar-refractivity contribution in [1.29, 1.82) is 0 Å². The fourth-order valence-corrected chi connectivity index (χ4v) is 5.36. The van der Waals surface area contributed by atoms with Gasteiger partial charge in [0.15, 0.2) is 0 Å². The van der Waals surface area contributed by atoms with Gasteiger partial charge >= 0.3 is 5.97 Å². The Morgan fingerprint density at radius 3 is 2.46 bits per heavy atom. The van der Waals surface area contributed by atoms with Gasteiger partial charge in [-0.1, -0.05) is 57.9 Å². The zero-order valence-electron chi connectivity index (χ0n) is 21.8. The number of nitrogens with one attached hydrogen (secondary N) is 1. The molecule has 0 saturated heterocycles. The first-order valence-electron chi connectivity index (χ1n) is 13.3. The number of halogens is 3. The SMILES string of the molecule is O=C(O)c1cc(C#Cc2ccc(OCc3c(-c4c(Cl)cccc4Cl)noc3C3CC3)cc2Cl)cc(CNC2CC2)c1.